The normalized spacial score (nSPS) is 19.2. The first-order chi connectivity index (χ1) is 14.2. The average molecular weight is 392 g/mol. The summed E-state index contributed by atoms with van der Waals surface area (Å²) >= 11 is 0. The van der Waals surface area contributed by atoms with Gasteiger partial charge in [0, 0.05) is 31.6 Å². The minimum atomic E-state index is -0.314. The Morgan fingerprint density at radius 1 is 1.24 bits per heavy atom. The van der Waals surface area contributed by atoms with Gasteiger partial charge in [-0.25, -0.2) is 0 Å². The number of anilines is 1. The summed E-state index contributed by atoms with van der Waals surface area (Å²) in [5, 5.41) is 9.90. The Bertz CT molecular complexity index is 989. The average Bonchev–Trinajstić information content (AvgIpc) is 3.49. The van der Waals surface area contributed by atoms with Crippen molar-refractivity contribution in [3.63, 3.8) is 0 Å². The molecule has 0 bridgehead atoms. The first-order valence-corrected chi connectivity index (χ1v) is 10.1. The van der Waals surface area contributed by atoms with Gasteiger partial charge in [0.1, 0.15) is 17.6 Å². The summed E-state index contributed by atoms with van der Waals surface area (Å²) in [4.78, 5) is 14.7. The van der Waals surface area contributed by atoms with Crippen LogP contribution in [-0.4, -0.2) is 40.3 Å². The van der Waals surface area contributed by atoms with E-state index in [1.165, 1.54) is 11.1 Å². The van der Waals surface area contributed by atoms with Crippen LogP contribution in [0.15, 0.2) is 47.0 Å². The fourth-order valence-corrected chi connectivity index (χ4v) is 4.06. The molecule has 1 fully saturated rings. The number of hydrogen-bond donors (Lipinski definition) is 2. The second-order valence-corrected chi connectivity index (χ2v) is 7.67. The number of aromatic amines is 1. The molecule has 7 heteroatoms. The molecule has 150 valence electrons. The number of nitrogens with zero attached hydrogens (tertiary/aromatic N) is 2. The van der Waals surface area contributed by atoms with Crippen molar-refractivity contribution in [2.75, 3.05) is 18.5 Å². The second-order valence-electron chi connectivity index (χ2n) is 7.67. The maximum atomic E-state index is 12.3. The van der Waals surface area contributed by atoms with E-state index in [0.29, 0.717) is 6.61 Å². The van der Waals surface area contributed by atoms with E-state index < -0.39 is 0 Å². The molecule has 2 aliphatic heterocycles. The Labute approximate surface area is 169 Å². The molecule has 0 saturated carbocycles. The van der Waals surface area contributed by atoms with E-state index in [-0.39, 0.29) is 12.0 Å². The Hall–Kier alpha value is -2.90. The van der Waals surface area contributed by atoms with E-state index in [4.69, 9.17) is 9.15 Å². The van der Waals surface area contributed by atoms with Crippen molar-refractivity contribution in [3.8, 4) is 11.5 Å². The lowest BCUT2D eigenvalue weighted by Gasteiger charge is -2.28. The highest BCUT2D eigenvalue weighted by atomic mass is 16.5. The molecule has 3 aromatic rings. The largest absolute Gasteiger partial charge is 0.458 e. The minimum absolute atomic E-state index is 0.0444. The lowest BCUT2D eigenvalue weighted by Crippen LogP contribution is -2.30. The van der Waals surface area contributed by atoms with Gasteiger partial charge in [-0.15, -0.1) is 0 Å². The Balaban J connectivity index is 1.24. The predicted octanol–water partition coefficient (Wildman–Crippen LogP) is 3.35. The van der Waals surface area contributed by atoms with Crippen molar-refractivity contribution in [2.24, 2.45) is 0 Å². The third-order valence-corrected chi connectivity index (χ3v) is 5.59. The van der Waals surface area contributed by atoms with Gasteiger partial charge in [-0.3, -0.25) is 14.8 Å². The molecule has 0 aliphatic carbocycles. The van der Waals surface area contributed by atoms with Crippen LogP contribution in [-0.2, 0) is 29.0 Å². The molecule has 4 heterocycles. The molecule has 0 radical (unpaired) electrons. The standard InChI is InChI=1S/C22H24N4O3/c27-22(21-2-1-11-28-21)24-17-4-3-15-8-10-26(13-16(15)12-17)14-18-5-6-20(29-18)19-7-9-23-25-19/h3-7,9,12,21H,1-2,8,10-11,13-14H2,(H,23,25)(H,24,27). The summed E-state index contributed by atoms with van der Waals surface area (Å²) in [5.41, 5.74) is 4.31. The highest BCUT2D eigenvalue weighted by Crippen LogP contribution is 2.26. The third-order valence-electron chi connectivity index (χ3n) is 5.59. The zero-order chi connectivity index (χ0) is 19.6. The molecule has 5 rings (SSSR count). The van der Waals surface area contributed by atoms with Crippen LogP contribution in [0.1, 0.15) is 29.7 Å². The number of carbonyl (C=O) groups excluding carboxylic acids is 1. The van der Waals surface area contributed by atoms with Gasteiger partial charge in [0.25, 0.3) is 5.91 Å². The van der Waals surface area contributed by atoms with Gasteiger partial charge in [0.05, 0.1) is 6.54 Å². The van der Waals surface area contributed by atoms with Crippen LogP contribution in [0.2, 0.25) is 0 Å². The van der Waals surface area contributed by atoms with Crippen LogP contribution in [0.4, 0.5) is 5.69 Å². The molecule has 29 heavy (non-hydrogen) atoms. The smallest absolute Gasteiger partial charge is 0.253 e. The number of hydrogen-bond acceptors (Lipinski definition) is 5. The van der Waals surface area contributed by atoms with Gasteiger partial charge in [0.15, 0.2) is 5.76 Å². The summed E-state index contributed by atoms with van der Waals surface area (Å²) in [6, 6.07) is 12.1. The molecular formula is C22H24N4O3. The van der Waals surface area contributed by atoms with Crippen LogP contribution in [0, 0.1) is 0 Å². The van der Waals surface area contributed by atoms with E-state index in [1.54, 1.807) is 6.20 Å². The summed E-state index contributed by atoms with van der Waals surface area (Å²) < 4.78 is 11.4. The number of ether oxygens (including phenoxy) is 1. The van der Waals surface area contributed by atoms with Gasteiger partial charge >= 0.3 is 0 Å². The van der Waals surface area contributed by atoms with Gasteiger partial charge in [-0.2, -0.15) is 5.10 Å². The second kappa shape index (κ2) is 7.85. The predicted molar refractivity (Wildman–Crippen MR) is 108 cm³/mol. The number of nitrogens with one attached hydrogen (secondary N) is 2. The van der Waals surface area contributed by atoms with Gasteiger partial charge in [-0.1, -0.05) is 6.07 Å². The van der Waals surface area contributed by atoms with Crippen LogP contribution in [0.25, 0.3) is 11.5 Å². The maximum Gasteiger partial charge on any atom is 0.253 e. The third kappa shape index (κ3) is 3.97. The first kappa shape index (κ1) is 18.1. The molecule has 1 amide bonds. The molecule has 1 atom stereocenters. The maximum absolute atomic E-state index is 12.3. The fraction of sp³-hybridized carbons (Fsp3) is 0.364. The number of benzene rings is 1. The molecule has 7 nitrogen and oxygen atoms in total. The summed E-state index contributed by atoms with van der Waals surface area (Å²) in [6.07, 6.45) is 4.14. The molecule has 0 spiro atoms. The monoisotopic (exact) mass is 392 g/mol. The Morgan fingerprint density at radius 2 is 2.21 bits per heavy atom. The van der Waals surface area contributed by atoms with Crippen LogP contribution < -0.4 is 5.32 Å². The lowest BCUT2D eigenvalue weighted by atomic mass is 9.99. The van der Waals surface area contributed by atoms with Crippen LogP contribution in [0.3, 0.4) is 0 Å². The van der Waals surface area contributed by atoms with Crippen molar-refractivity contribution in [2.45, 2.75) is 38.5 Å². The minimum Gasteiger partial charge on any atom is -0.458 e. The van der Waals surface area contributed by atoms with E-state index in [1.807, 2.05) is 24.3 Å². The zero-order valence-corrected chi connectivity index (χ0v) is 16.2. The van der Waals surface area contributed by atoms with Crippen molar-refractivity contribution in [1.29, 1.82) is 0 Å². The van der Waals surface area contributed by atoms with Crippen LogP contribution >= 0.6 is 0 Å². The van der Waals surface area contributed by atoms with E-state index in [0.717, 1.165) is 61.8 Å². The quantitative estimate of drug-likeness (QED) is 0.696. The van der Waals surface area contributed by atoms with Crippen molar-refractivity contribution < 1.29 is 13.9 Å². The SMILES string of the molecule is O=C(Nc1ccc2c(c1)CN(Cc1ccc(-c3ccn[nH]3)o1)CC2)C1CCCO1. The molecule has 2 aromatic heterocycles. The highest BCUT2D eigenvalue weighted by Gasteiger charge is 2.24. The van der Waals surface area contributed by atoms with E-state index >= 15 is 0 Å². The lowest BCUT2D eigenvalue weighted by molar-refractivity contribution is -0.124. The van der Waals surface area contributed by atoms with Crippen molar-refractivity contribution >= 4 is 11.6 Å². The topological polar surface area (TPSA) is 83.4 Å². The van der Waals surface area contributed by atoms with Gasteiger partial charge in [-0.05, 0) is 60.7 Å². The number of carbonyl (C=O) groups is 1. The molecule has 2 N–H and O–H groups in total. The summed E-state index contributed by atoms with van der Waals surface area (Å²) in [5.74, 6) is 1.69. The van der Waals surface area contributed by atoms with Gasteiger partial charge < -0.3 is 14.5 Å². The molecule has 1 aromatic carbocycles. The molecule has 2 aliphatic rings. The summed E-state index contributed by atoms with van der Waals surface area (Å²) in [6.45, 7) is 3.24. The Kier molecular flexibility index (Phi) is 4.91. The number of aromatic nitrogens is 2. The number of furan rings is 1. The van der Waals surface area contributed by atoms with Crippen molar-refractivity contribution in [1.82, 2.24) is 15.1 Å². The Morgan fingerprint density at radius 3 is 3.03 bits per heavy atom. The van der Waals surface area contributed by atoms with Crippen LogP contribution in [0.5, 0.6) is 0 Å². The fourth-order valence-electron chi connectivity index (χ4n) is 4.06. The number of fused-ring (bicyclic) bond motifs is 1. The summed E-state index contributed by atoms with van der Waals surface area (Å²) in [7, 11) is 0. The number of rotatable bonds is 5. The molecule has 1 saturated heterocycles. The number of H-pyrrole nitrogens is 1. The highest BCUT2D eigenvalue weighted by molar-refractivity contribution is 5.94. The number of amides is 1. The van der Waals surface area contributed by atoms with Gasteiger partial charge in [0.2, 0.25) is 0 Å². The molecular weight excluding hydrogens is 368 g/mol. The molecule has 1 unspecified atom stereocenters. The first-order valence-electron chi connectivity index (χ1n) is 10.1. The van der Waals surface area contributed by atoms with E-state index in [9.17, 15) is 4.79 Å². The van der Waals surface area contributed by atoms with E-state index in [2.05, 4.69) is 32.5 Å². The zero-order valence-electron chi connectivity index (χ0n) is 16.2. The van der Waals surface area contributed by atoms with Crippen molar-refractivity contribution in [3.05, 3.63) is 59.5 Å².